The Hall–Kier alpha value is -0.800. The number of nitrogens with one attached hydrogen (secondary N) is 2. The second-order valence-corrected chi connectivity index (χ2v) is 4.95. The Labute approximate surface area is 105 Å². The van der Waals surface area contributed by atoms with Crippen molar-refractivity contribution in [1.29, 1.82) is 0 Å². The molecule has 0 bridgehead atoms. The molecule has 3 heteroatoms. The highest BCUT2D eigenvalue weighted by atomic mass is 79.9. The summed E-state index contributed by atoms with van der Waals surface area (Å²) in [5.41, 5.74) is 3.96. The molecule has 0 unspecified atom stereocenters. The minimum absolute atomic E-state index is 1.07. The number of rotatable bonds is 4. The van der Waals surface area contributed by atoms with Crippen molar-refractivity contribution in [3.63, 3.8) is 0 Å². The van der Waals surface area contributed by atoms with Gasteiger partial charge in [0.15, 0.2) is 0 Å². The molecule has 0 aliphatic rings. The topological polar surface area (TPSA) is 27.8 Å². The van der Waals surface area contributed by atoms with Crippen LogP contribution in [0.4, 0.5) is 0 Å². The first-order valence-corrected chi connectivity index (χ1v) is 6.43. The monoisotopic (exact) mass is 280 g/mol. The molecule has 2 nitrogen and oxygen atoms in total. The molecule has 1 heterocycles. The molecule has 2 rings (SSSR count). The summed E-state index contributed by atoms with van der Waals surface area (Å²) in [7, 11) is 2.00. The molecule has 2 aromatic rings. The van der Waals surface area contributed by atoms with Gasteiger partial charge in [-0.25, -0.2) is 0 Å². The Kier molecular flexibility index (Phi) is 3.66. The molecule has 0 aliphatic heterocycles. The Bertz CT molecular complexity index is 488. The van der Waals surface area contributed by atoms with Crippen molar-refractivity contribution < 1.29 is 0 Å². The SMILES string of the molecule is CNCCCc1c(C)[nH]c2c(Br)cccc12. The Morgan fingerprint density at radius 3 is 2.94 bits per heavy atom. The van der Waals surface area contributed by atoms with Gasteiger partial charge in [-0.3, -0.25) is 0 Å². The third-order valence-electron chi connectivity index (χ3n) is 2.96. The normalized spacial score (nSPS) is 11.2. The van der Waals surface area contributed by atoms with E-state index >= 15 is 0 Å². The molecular weight excluding hydrogens is 264 g/mol. The number of fused-ring (bicyclic) bond motifs is 1. The van der Waals surface area contributed by atoms with Crippen molar-refractivity contribution in [2.24, 2.45) is 0 Å². The number of benzene rings is 1. The van der Waals surface area contributed by atoms with Crippen LogP contribution in [0, 0.1) is 6.92 Å². The lowest BCUT2D eigenvalue weighted by molar-refractivity contribution is 0.725. The zero-order valence-corrected chi connectivity index (χ0v) is 11.3. The Morgan fingerprint density at radius 1 is 1.38 bits per heavy atom. The summed E-state index contributed by atoms with van der Waals surface area (Å²) < 4.78 is 1.15. The molecule has 0 saturated heterocycles. The highest BCUT2D eigenvalue weighted by Crippen LogP contribution is 2.28. The Balaban J connectivity index is 2.36. The maximum atomic E-state index is 3.58. The summed E-state index contributed by atoms with van der Waals surface area (Å²) in [5.74, 6) is 0. The van der Waals surface area contributed by atoms with Gasteiger partial charge in [-0.2, -0.15) is 0 Å². The van der Waals surface area contributed by atoms with E-state index < -0.39 is 0 Å². The van der Waals surface area contributed by atoms with Gasteiger partial charge in [0.25, 0.3) is 0 Å². The van der Waals surface area contributed by atoms with Crippen molar-refractivity contribution in [2.45, 2.75) is 19.8 Å². The molecule has 1 aromatic heterocycles. The maximum absolute atomic E-state index is 3.58. The van der Waals surface area contributed by atoms with Crippen LogP contribution in [0.2, 0.25) is 0 Å². The fourth-order valence-electron chi connectivity index (χ4n) is 2.13. The molecule has 0 atom stereocenters. The predicted octanol–water partition coefficient (Wildman–Crippen LogP) is 3.39. The molecule has 0 radical (unpaired) electrons. The van der Waals surface area contributed by atoms with Gasteiger partial charge in [0.1, 0.15) is 0 Å². The number of H-pyrrole nitrogens is 1. The third-order valence-corrected chi connectivity index (χ3v) is 3.62. The smallest absolute Gasteiger partial charge is 0.0603 e. The molecule has 86 valence electrons. The van der Waals surface area contributed by atoms with E-state index in [4.69, 9.17) is 0 Å². The quantitative estimate of drug-likeness (QED) is 0.826. The van der Waals surface area contributed by atoms with Crippen molar-refractivity contribution >= 4 is 26.8 Å². The van der Waals surface area contributed by atoms with Crippen LogP contribution in [-0.2, 0) is 6.42 Å². The first-order chi connectivity index (χ1) is 7.74. The molecule has 0 spiro atoms. The first kappa shape index (κ1) is 11.7. The molecule has 0 aliphatic carbocycles. The minimum Gasteiger partial charge on any atom is -0.357 e. The highest BCUT2D eigenvalue weighted by Gasteiger charge is 2.09. The number of para-hydroxylation sites is 1. The number of aromatic amines is 1. The van der Waals surface area contributed by atoms with Gasteiger partial charge in [0.05, 0.1) is 5.52 Å². The standard InChI is InChI=1S/C13H17BrN2/c1-9-10(6-4-8-15-2)11-5-3-7-12(14)13(11)16-9/h3,5,7,15-16H,4,6,8H2,1-2H3. The van der Waals surface area contributed by atoms with Crippen LogP contribution < -0.4 is 5.32 Å². The second-order valence-electron chi connectivity index (χ2n) is 4.10. The van der Waals surface area contributed by atoms with Gasteiger partial charge in [0.2, 0.25) is 0 Å². The predicted molar refractivity (Wildman–Crippen MR) is 73.0 cm³/mol. The third kappa shape index (κ3) is 2.15. The highest BCUT2D eigenvalue weighted by molar-refractivity contribution is 9.10. The molecule has 2 N–H and O–H groups in total. The lowest BCUT2D eigenvalue weighted by atomic mass is 10.1. The van der Waals surface area contributed by atoms with Crippen LogP contribution in [0.3, 0.4) is 0 Å². The van der Waals surface area contributed by atoms with Crippen LogP contribution in [0.15, 0.2) is 22.7 Å². The van der Waals surface area contributed by atoms with E-state index in [1.807, 2.05) is 7.05 Å². The van der Waals surface area contributed by atoms with Crippen LogP contribution in [0.5, 0.6) is 0 Å². The largest absolute Gasteiger partial charge is 0.357 e. The van der Waals surface area contributed by atoms with Gasteiger partial charge in [-0.15, -0.1) is 0 Å². The van der Waals surface area contributed by atoms with E-state index in [1.165, 1.54) is 28.6 Å². The summed E-state index contributed by atoms with van der Waals surface area (Å²) in [6.45, 7) is 3.22. The summed E-state index contributed by atoms with van der Waals surface area (Å²) in [4.78, 5) is 3.45. The van der Waals surface area contributed by atoms with E-state index in [1.54, 1.807) is 0 Å². The summed E-state index contributed by atoms with van der Waals surface area (Å²) >= 11 is 3.58. The fourth-order valence-corrected chi connectivity index (χ4v) is 2.60. The average Bonchev–Trinajstić information content (AvgIpc) is 2.58. The molecular formula is C13H17BrN2. The lowest BCUT2D eigenvalue weighted by Crippen LogP contribution is -2.08. The maximum Gasteiger partial charge on any atom is 0.0603 e. The second kappa shape index (κ2) is 5.02. The van der Waals surface area contributed by atoms with Gasteiger partial charge >= 0.3 is 0 Å². The van der Waals surface area contributed by atoms with Crippen LogP contribution in [0.25, 0.3) is 10.9 Å². The van der Waals surface area contributed by atoms with E-state index in [-0.39, 0.29) is 0 Å². The van der Waals surface area contributed by atoms with E-state index in [0.29, 0.717) is 0 Å². The zero-order chi connectivity index (χ0) is 11.5. The number of hydrogen-bond acceptors (Lipinski definition) is 1. The Morgan fingerprint density at radius 2 is 2.19 bits per heavy atom. The zero-order valence-electron chi connectivity index (χ0n) is 9.73. The van der Waals surface area contributed by atoms with Crippen LogP contribution >= 0.6 is 15.9 Å². The first-order valence-electron chi connectivity index (χ1n) is 5.64. The summed E-state index contributed by atoms with van der Waals surface area (Å²) in [6.07, 6.45) is 2.31. The van der Waals surface area contributed by atoms with Gasteiger partial charge < -0.3 is 10.3 Å². The minimum atomic E-state index is 1.07. The number of hydrogen-bond donors (Lipinski definition) is 2. The van der Waals surface area contributed by atoms with Crippen molar-refractivity contribution in [2.75, 3.05) is 13.6 Å². The van der Waals surface area contributed by atoms with Crippen molar-refractivity contribution in [1.82, 2.24) is 10.3 Å². The fraction of sp³-hybridized carbons (Fsp3) is 0.385. The summed E-state index contributed by atoms with van der Waals surface area (Å²) in [5, 5.41) is 4.54. The van der Waals surface area contributed by atoms with Crippen molar-refractivity contribution in [3.8, 4) is 0 Å². The molecule has 0 saturated carbocycles. The van der Waals surface area contributed by atoms with Crippen LogP contribution in [0.1, 0.15) is 17.7 Å². The number of halogens is 1. The molecule has 0 amide bonds. The molecule has 1 aromatic carbocycles. The van der Waals surface area contributed by atoms with Crippen LogP contribution in [-0.4, -0.2) is 18.6 Å². The van der Waals surface area contributed by atoms with Gasteiger partial charge in [-0.05, 0) is 60.9 Å². The van der Waals surface area contributed by atoms with Gasteiger partial charge in [0, 0.05) is 15.6 Å². The molecule has 16 heavy (non-hydrogen) atoms. The summed E-state index contributed by atoms with van der Waals surface area (Å²) in [6, 6.07) is 6.37. The van der Waals surface area contributed by atoms with Gasteiger partial charge in [-0.1, -0.05) is 12.1 Å². The number of aryl methyl sites for hydroxylation is 2. The molecule has 0 fully saturated rings. The van der Waals surface area contributed by atoms with E-state index in [0.717, 1.165) is 17.4 Å². The number of aromatic nitrogens is 1. The van der Waals surface area contributed by atoms with Crippen molar-refractivity contribution in [3.05, 3.63) is 33.9 Å². The van der Waals surface area contributed by atoms with E-state index in [9.17, 15) is 0 Å². The van der Waals surface area contributed by atoms with E-state index in [2.05, 4.69) is 51.4 Å². The average molecular weight is 281 g/mol. The lowest BCUT2D eigenvalue weighted by Gasteiger charge is -2.01.